The van der Waals surface area contributed by atoms with Crippen molar-refractivity contribution < 1.29 is 19.4 Å². The lowest BCUT2D eigenvalue weighted by molar-refractivity contribution is -0.0367. The number of carbonyl (C=O) groups excluding carboxylic acids is 1. The molecule has 1 fully saturated rings. The zero-order valence-corrected chi connectivity index (χ0v) is 27.2. The average molecular weight is 618 g/mol. The van der Waals surface area contributed by atoms with Gasteiger partial charge in [-0.2, -0.15) is 5.10 Å². The number of hydrogen-bond acceptors (Lipinski definition) is 9. The van der Waals surface area contributed by atoms with Gasteiger partial charge in [0.2, 0.25) is 0 Å². The summed E-state index contributed by atoms with van der Waals surface area (Å²) in [6, 6.07) is 7.63. The van der Waals surface area contributed by atoms with Crippen molar-refractivity contribution in [3.05, 3.63) is 69.5 Å². The number of carbonyl (C=O) groups is 1. The van der Waals surface area contributed by atoms with E-state index in [2.05, 4.69) is 25.3 Å². The summed E-state index contributed by atoms with van der Waals surface area (Å²) in [6.45, 7) is 11.9. The molecule has 0 unspecified atom stereocenters. The van der Waals surface area contributed by atoms with E-state index in [9.17, 15) is 14.7 Å². The largest absolute Gasteiger partial charge is 0.496 e. The molecule has 1 saturated heterocycles. The topological polar surface area (TPSA) is 137 Å². The van der Waals surface area contributed by atoms with Crippen LogP contribution in [0.15, 0.2) is 41.6 Å². The van der Waals surface area contributed by atoms with Gasteiger partial charge >= 0.3 is 6.09 Å². The summed E-state index contributed by atoms with van der Waals surface area (Å²) in [5.41, 5.74) is 4.31. The molecule has 3 aromatic heterocycles. The van der Waals surface area contributed by atoms with Crippen molar-refractivity contribution in [3.63, 3.8) is 0 Å². The van der Waals surface area contributed by atoms with E-state index in [1.54, 1.807) is 18.8 Å². The number of fused-ring (bicyclic) bond motifs is 1. The van der Waals surface area contributed by atoms with Crippen LogP contribution in [0.5, 0.6) is 5.75 Å². The Morgan fingerprint density at radius 3 is 2.42 bits per heavy atom. The number of hydrogen-bond donors (Lipinski definition) is 2. The third kappa shape index (κ3) is 7.18. The summed E-state index contributed by atoms with van der Waals surface area (Å²) in [4.78, 5) is 37.0. The molecule has 12 nitrogen and oxygen atoms in total. The number of nitrogens with zero attached hydrogens (tertiary/aromatic N) is 6. The van der Waals surface area contributed by atoms with Crippen LogP contribution in [0.4, 0.5) is 4.79 Å². The molecular weight excluding hydrogens is 574 g/mol. The Morgan fingerprint density at radius 2 is 1.78 bits per heavy atom. The van der Waals surface area contributed by atoms with Crippen molar-refractivity contribution in [2.75, 3.05) is 20.2 Å². The second-order valence-electron chi connectivity index (χ2n) is 12.9. The maximum Gasteiger partial charge on any atom is 0.407 e. The van der Waals surface area contributed by atoms with Gasteiger partial charge in [-0.1, -0.05) is 24.3 Å². The molecule has 1 aromatic carbocycles. The van der Waals surface area contributed by atoms with Gasteiger partial charge in [-0.05, 0) is 53.0 Å². The molecule has 0 bridgehead atoms. The highest BCUT2D eigenvalue weighted by Gasteiger charge is 2.34. The number of aliphatic hydroxyl groups is 1. The maximum atomic E-state index is 13.5. The molecule has 0 saturated carbocycles. The minimum Gasteiger partial charge on any atom is -0.496 e. The molecule has 0 aliphatic carbocycles. The molecule has 12 heteroatoms. The van der Waals surface area contributed by atoms with Crippen LogP contribution in [0.25, 0.3) is 22.3 Å². The molecular formula is C33H43N7O5. The van der Waals surface area contributed by atoms with Crippen molar-refractivity contribution >= 4 is 17.1 Å². The third-order valence-electron chi connectivity index (χ3n) is 8.25. The predicted molar refractivity (Wildman–Crippen MR) is 171 cm³/mol. The van der Waals surface area contributed by atoms with Gasteiger partial charge in [0.1, 0.15) is 16.9 Å². The summed E-state index contributed by atoms with van der Waals surface area (Å²) in [5.74, 6) is 0.859. The zero-order chi connectivity index (χ0) is 32.5. The van der Waals surface area contributed by atoms with Crippen molar-refractivity contribution in [1.82, 2.24) is 34.5 Å². The van der Waals surface area contributed by atoms with Gasteiger partial charge in [-0.3, -0.25) is 23.9 Å². The van der Waals surface area contributed by atoms with Gasteiger partial charge in [0.25, 0.3) is 5.56 Å². The fourth-order valence-electron chi connectivity index (χ4n) is 5.84. The maximum absolute atomic E-state index is 13.5. The Hall–Kier alpha value is -4.29. The van der Waals surface area contributed by atoms with Crippen LogP contribution in [0, 0.1) is 13.8 Å². The fraction of sp³-hybridized carbons (Fsp3) is 0.485. The zero-order valence-electron chi connectivity index (χ0n) is 27.2. The first-order valence-electron chi connectivity index (χ1n) is 15.2. The van der Waals surface area contributed by atoms with Crippen LogP contribution < -0.4 is 15.6 Å². The van der Waals surface area contributed by atoms with Crippen molar-refractivity contribution in [2.45, 2.75) is 78.3 Å². The number of benzene rings is 1. The summed E-state index contributed by atoms with van der Waals surface area (Å²) in [6.07, 6.45) is 3.90. The summed E-state index contributed by atoms with van der Waals surface area (Å²) >= 11 is 0. The highest BCUT2D eigenvalue weighted by molar-refractivity contribution is 5.89. The first-order valence-corrected chi connectivity index (χ1v) is 15.2. The van der Waals surface area contributed by atoms with E-state index in [4.69, 9.17) is 9.47 Å². The second kappa shape index (κ2) is 12.6. The number of aromatic nitrogens is 5. The Bertz CT molecular complexity index is 1750. The molecule has 5 rings (SSSR count). The Balaban J connectivity index is 1.25. The van der Waals surface area contributed by atoms with E-state index in [1.165, 1.54) is 10.9 Å². The normalized spacial score (nSPS) is 15.3. The molecule has 4 aromatic rings. The van der Waals surface area contributed by atoms with Crippen molar-refractivity contribution in [2.24, 2.45) is 7.05 Å². The number of likely N-dealkylation sites (tertiary alicyclic amines) is 1. The number of methoxy groups -OCH3 is 1. The van der Waals surface area contributed by atoms with E-state index >= 15 is 0 Å². The molecule has 0 radical (unpaired) electrons. The SMILES string of the molecule is COc1c(C)cnc(CN2CCC(O)(Cn3cnc4c(-c5ccc(CNC(=O)OC(C)(C)C)cc5)n(C)nc4c3=O)CC2)c1C. The monoisotopic (exact) mass is 617 g/mol. The van der Waals surface area contributed by atoms with Crippen LogP contribution in [-0.4, -0.2) is 71.8 Å². The van der Waals surface area contributed by atoms with E-state index < -0.39 is 17.3 Å². The lowest BCUT2D eigenvalue weighted by Gasteiger charge is -2.38. The van der Waals surface area contributed by atoms with Crippen LogP contribution in [0.3, 0.4) is 0 Å². The minimum absolute atomic E-state index is 0.142. The number of piperidine rings is 1. The smallest absolute Gasteiger partial charge is 0.407 e. The molecule has 1 amide bonds. The van der Waals surface area contributed by atoms with Crippen LogP contribution in [0.2, 0.25) is 0 Å². The number of amides is 1. The average Bonchev–Trinajstić information content (AvgIpc) is 3.32. The van der Waals surface area contributed by atoms with Gasteiger partial charge in [-0.25, -0.2) is 9.78 Å². The van der Waals surface area contributed by atoms with Gasteiger partial charge < -0.3 is 19.9 Å². The number of pyridine rings is 1. The number of ether oxygens (including phenoxy) is 2. The Kier molecular flexibility index (Phi) is 8.99. The van der Waals surface area contributed by atoms with Gasteiger partial charge in [0.15, 0.2) is 5.52 Å². The summed E-state index contributed by atoms with van der Waals surface area (Å²) in [7, 11) is 3.45. The molecule has 4 heterocycles. The van der Waals surface area contributed by atoms with Gasteiger partial charge in [0, 0.05) is 56.1 Å². The number of alkyl carbamates (subject to hydrolysis) is 1. The van der Waals surface area contributed by atoms with Crippen molar-refractivity contribution in [3.8, 4) is 17.0 Å². The van der Waals surface area contributed by atoms with Crippen molar-refractivity contribution in [1.29, 1.82) is 0 Å². The van der Waals surface area contributed by atoms with E-state index in [1.807, 2.05) is 65.1 Å². The Labute approximate surface area is 263 Å². The molecule has 0 spiro atoms. The van der Waals surface area contributed by atoms with E-state index in [-0.39, 0.29) is 17.6 Å². The first kappa shape index (κ1) is 32.1. The van der Waals surface area contributed by atoms with E-state index in [0.717, 1.165) is 33.7 Å². The summed E-state index contributed by atoms with van der Waals surface area (Å²) < 4.78 is 14.0. The minimum atomic E-state index is -1.04. The van der Waals surface area contributed by atoms with E-state index in [0.29, 0.717) is 50.2 Å². The molecule has 1 aliphatic rings. The first-order chi connectivity index (χ1) is 21.3. The predicted octanol–water partition coefficient (Wildman–Crippen LogP) is 3.87. The standard InChI is InChI=1S/C33H43N7O5/c1-21-16-34-25(22(2)29(21)44-7)18-39-14-12-33(43,13-15-39)19-40-20-36-26-27(30(40)41)37-38(6)28(26)24-10-8-23(9-11-24)17-35-31(42)45-32(3,4)5/h8-11,16,20,43H,12-15,17-19H2,1-7H3,(H,35,42). The lowest BCUT2D eigenvalue weighted by atomic mass is 9.91. The lowest BCUT2D eigenvalue weighted by Crippen LogP contribution is -2.48. The molecule has 45 heavy (non-hydrogen) atoms. The quantitative estimate of drug-likeness (QED) is 0.302. The molecule has 0 atom stereocenters. The summed E-state index contributed by atoms with van der Waals surface area (Å²) in [5, 5.41) is 18.7. The van der Waals surface area contributed by atoms with Crippen LogP contribution in [-0.2, 0) is 31.4 Å². The highest BCUT2D eigenvalue weighted by atomic mass is 16.6. The van der Waals surface area contributed by atoms with Crippen LogP contribution >= 0.6 is 0 Å². The molecule has 240 valence electrons. The number of rotatable bonds is 8. The molecule has 1 aliphatic heterocycles. The second-order valence-corrected chi connectivity index (χ2v) is 12.9. The number of nitrogens with one attached hydrogen (secondary N) is 1. The fourth-order valence-corrected chi connectivity index (χ4v) is 5.84. The van der Waals surface area contributed by atoms with Crippen LogP contribution in [0.1, 0.15) is 56.0 Å². The highest BCUT2D eigenvalue weighted by Crippen LogP contribution is 2.29. The number of aryl methyl sites for hydroxylation is 2. The Morgan fingerprint density at radius 1 is 1.09 bits per heavy atom. The third-order valence-corrected chi connectivity index (χ3v) is 8.25. The molecule has 2 N–H and O–H groups in total. The van der Waals surface area contributed by atoms with Gasteiger partial charge in [-0.15, -0.1) is 0 Å². The van der Waals surface area contributed by atoms with Gasteiger partial charge in [0.05, 0.1) is 37.0 Å².